The molecule has 1 aromatic carbocycles. The third-order valence-electron chi connectivity index (χ3n) is 3.29. The third kappa shape index (κ3) is 5.41. The summed E-state index contributed by atoms with van der Waals surface area (Å²) < 4.78 is 0. The van der Waals surface area contributed by atoms with Gasteiger partial charge in [0.2, 0.25) is 0 Å². The summed E-state index contributed by atoms with van der Waals surface area (Å²) in [6, 6.07) is 6.69. The number of halogens is 2. The number of nitrogens with zero attached hydrogens (tertiary/aromatic N) is 1. The molecule has 0 bridgehead atoms. The highest BCUT2D eigenvalue weighted by molar-refractivity contribution is 6.35. The number of unbranched alkanes of at least 4 members (excludes halogenated alkanes) is 2. The smallest absolute Gasteiger partial charge is 0.257 e. The molecule has 0 aliphatic rings. The van der Waals surface area contributed by atoms with Crippen LogP contribution in [0.25, 0.3) is 0 Å². The van der Waals surface area contributed by atoms with Gasteiger partial charge in [-0.15, -0.1) is 0 Å². The Labute approximate surface area is 146 Å². The maximum absolute atomic E-state index is 12.3. The lowest BCUT2D eigenvalue weighted by molar-refractivity contribution is 0.102. The van der Waals surface area contributed by atoms with Crippen molar-refractivity contribution in [3.63, 3.8) is 0 Å². The number of nitrogens with one attached hydrogen (secondary N) is 2. The van der Waals surface area contributed by atoms with Gasteiger partial charge in [0.15, 0.2) is 0 Å². The topological polar surface area (TPSA) is 54.0 Å². The van der Waals surface area contributed by atoms with E-state index in [0.29, 0.717) is 21.3 Å². The van der Waals surface area contributed by atoms with Crippen LogP contribution in [0.1, 0.15) is 36.5 Å². The van der Waals surface area contributed by atoms with Gasteiger partial charge >= 0.3 is 0 Å². The molecule has 0 fully saturated rings. The number of amides is 1. The third-order valence-corrected chi connectivity index (χ3v) is 3.85. The van der Waals surface area contributed by atoms with Crippen LogP contribution >= 0.6 is 23.2 Å². The van der Waals surface area contributed by atoms with Gasteiger partial charge in [-0.3, -0.25) is 9.78 Å². The fourth-order valence-electron chi connectivity index (χ4n) is 2.06. The van der Waals surface area contributed by atoms with Crippen molar-refractivity contribution < 1.29 is 4.79 Å². The summed E-state index contributed by atoms with van der Waals surface area (Å²) in [7, 11) is 0. The van der Waals surface area contributed by atoms with Crippen molar-refractivity contribution in [2.45, 2.75) is 26.2 Å². The summed E-state index contributed by atoms with van der Waals surface area (Å²) in [5.41, 5.74) is 1.76. The first-order valence-electron chi connectivity index (χ1n) is 7.55. The second-order valence-corrected chi connectivity index (χ2v) is 6.02. The molecule has 0 radical (unpaired) electrons. The SMILES string of the molecule is CCCCCNc1cncc(C(=O)Nc2cc(Cl)ccc2Cl)c1. The van der Waals surface area contributed by atoms with Gasteiger partial charge in [0.05, 0.1) is 22.0 Å². The van der Waals surface area contributed by atoms with Crippen molar-refractivity contribution in [3.8, 4) is 0 Å². The van der Waals surface area contributed by atoms with Crippen LogP contribution in [0.2, 0.25) is 10.0 Å². The van der Waals surface area contributed by atoms with Crippen molar-refractivity contribution in [1.82, 2.24) is 4.98 Å². The van der Waals surface area contributed by atoms with Gasteiger partial charge < -0.3 is 10.6 Å². The zero-order chi connectivity index (χ0) is 16.7. The largest absolute Gasteiger partial charge is 0.384 e. The van der Waals surface area contributed by atoms with E-state index in [9.17, 15) is 4.79 Å². The Bertz CT molecular complexity index is 677. The van der Waals surface area contributed by atoms with E-state index < -0.39 is 0 Å². The Balaban J connectivity index is 2.03. The maximum Gasteiger partial charge on any atom is 0.257 e. The van der Waals surface area contributed by atoms with Crippen molar-refractivity contribution in [2.75, 3.05) is 17.2 Å². The van der Waals surface area contributed by atoms with Crippen LogP contribution in [0.4, 0.5) is 11.4 Å². The van der Waals surface area contributed by atoms with Crippen molar-refractivity contribution in [1.29, 1.82) is 0 Å². The number of anilines is 2. The van der Waals surface area contributed by atoms with Gasteiger partial charge in [-0.1, -0.05) is 43.0 Å². The van der Waals surface area contributed by atoms with Gasteiger partial charge in [0, 0.05) is 24.0 Å². The number of rotatable bonds is 7. The molecule has 0 saturated heterocycles. The quantitative estimate of drug-likeness (QED) is 0.670. The molecule has 0 aliphatic heterocycles. The van der Waals surface area contributed by atoms with Crippen LogP contribution in [0.3, 0.4) is 0 Å². The van der Waals surface area contributed by atoms with Crippen LogP contribution in [-0.2, 0) is 0 Å². The van der Waals surface area contributed by atoms with Crippen LogP contribution < -0.4 is 10.6 Å². The summed E-state index contributed by atoms with van der Waals surface area (Å²) in [5, 5.41) is 6.96. The lowest BCUT2D eigenvalue weighted by atomic mass is 10.2. The van der Waals surface area contributed by atoms with E-state index in [1.54, 1.807) is 30.5 Å². The molecule has 0 saturated carbocycles. The number of hydrogen-bond donors (Lipinski definition) is 2. The summed E-state index contributed by atoms with van der Waals surface area (Å²) in [6.07, 6.45) is 6.65. The molecule has 1 heterocycles. The number of hydrogen-bond acceptors (Lipinski definition) is 3. The molecule has 2 rings (SSSR count). The Hall–Kier alpha value is -1.78. The first-order chi connectivity index (χ1) is 11.1. The van der Waals surface area contributed by atoms with Crippen molar-refractivity contribution >= 4 is 40.5 Å². The number of carbonyl (C=O) groups excluding carboxylic acids is 1. The van der Waals surface area contributed by atoms with Gasteiger partial charge in [-0.25, -0.2) is 0 Å². The van der Waals surface area contributed by atoms with E-state index in [0.717, 1.165) is 18.7 Å². The van der Waals surface area contributed by atoms with E-state index in [2.05, 4.69) is 22.5 Å². The number of carbonyl (C=O) groups is 1. The Morgan fingerprint density at radius 2 is 2.00 bits per heavy atom. The Kier molecular flexibility index (Phi) is 6.68. The fraction of sp³-hybridized carbons (Fsp3) is 0.294. The summed E-state index contributed by atoms with van der Waals surface area (Å²) in [6.45, 7) is 3.02. The molecule has 0 aliphatic carbocycles. The molecular formula is C17H19Cl2N3O. The molecule has 0 spiro atoms. The van der Waals surface area contributed by atoms with Crippen LogP contribution in [0.15, 0.2) is 36.7 Å². The second-order valence-electron chi connectivity index (χ2n) is 5.17. The minimum absolute atomic E-state index is 0.279. The zero-order valence-electron chi connectivity index (χ0n) is 12.9. The van der Waals surface area contributed by atoms with Crippen LogP contribution in [-0.4, -0.2) is 17.4 Å². The molecule has 1 aromatic heterocycles. The molecule has 0 unspecified atom stereocenters. The molecule has 23 heavy (non-hydrogen) atoms. The predicted molar refractivity (Wildman–Crippen MR) is 96.7 cm³/mol. The standard InChI is InChI=1S/C17H19Cl2N3O/c1-2-3-4-7-21-14-8-12(10-20-11-14)17(23)22-16-9-13(18)5-6-15(16)19/h5-6,8-11,21H,2-4,7H2,1H3,(H,22,23). The first kappa shape index (κ1) is 17.6. The van der Waals surface area contributed by atoms with Gasteiger partial charge in [-0.05, 0) is 30.7 Å². The van der Waals surface area contributed by atoms with E-state index >= 15 is 0 Å². The van der Waals surface area contributed by atoms with Gasteiger partial charge in [-0.2, -0.15) is 0 Å². The van der Waals surface area contributed by atoms with Crippen molar-refractivity contribution in [2.24, 2.45) is 0 Å². The number of benzene rings is 1. The minimum Gasteiger partial charge on any atom is -0.384 e. The zero-order valence-corrected chi connectivity index (χ0v) is 14.4. The normalized spacial score (nSPS) is 10.4. The average Bonchev–Trinajstić information content (AvgIpc) is 2.55. The molecule has 2 N–H and O–H groups in total. The lowest BCUT2D eigenvalue weighted by Crippen LogP contribution is -2.13. The monoisotopic (exact) mass is 351 g/mol. The van der Waals surface area contributed by atoms with Gasteiger partial charge in [0.1, 0.15) is 0 Å². The average molecular weight is 352 g/mol. The molecule has 122 valence electrons. The van der Waals surface area contributed by atoms with E-state index in [-0.39, 0.29) is 5.91 Å². The summed E-state index contributed by atoms with van der Waals surface area (Å²) >= 11 is 12.0. The molecule has 1 amide bonds. The van der Waals surface area contributed by atoms with E-state index in [1.807, 2.05) is 0 Å². The van der Waals surface area contributed by atoms with Crippen molar-refractivity contribution in [3.05, 3.63) is 52.3 Å². The summed E-state index contributed by atoms with van der Waals surface area (Å²) in [5.74, 6) is -0.279. The Morgan fingerprint density at radius 3 is 2.78 bits per heavy atom. The second kappa shape index (κ2) is 8.75. The van der Waals surface area contributed by atoms with E-state index in [1.165, 1.54) is 19.0 Å². The molecule has 2 aromatic rings. The number of pyridine rings is 1. The maximum atomic E-state index is 12.3. The highest BCUT2D eigenvalue weighted by Crippen LogP contribution is 2.26. The summed E-state index contributed by atoms with van der Waals surface area (Å²) in [4.78, 5) is 16.4. The van der Waals surface area contributed by atoms with E-state index in [4.69, 9.17) is 23.2 Å². The highest BCUT2D eigenvalue weighted by Gasteiger charge is 2.10. The highest BCUT2D eigenvalue weighted by atomic mass is 35.5. The fourth-order valence-corrected chi connectivity index (χ4v) is 2.39. The lowest BCUT2D eigenvalue weighted by Gasteiger charge is -2.09. The molecule has 4 nitrogen and oxygen atoms in total. The van der Waals surface area contributed by atoms with Crippen LogP contribution in [0, 0.1) is 0 Å². The molecular weight excluding hydrogens is 333 g/mol. The minimum atomic E-state index is -0.279. The van der Waals surface area contributed by atoms with Gasteiger partial charge in [0.25, 0.3) is 5.91 Å². The molecule has 0 atom stereocenters. The molecule has 6 heteroatoms. The first-order valence-corrected chi connectivity index (χ1v) is 8.31. The number of aromatic nitrogens is 1. The predicted octanol–water partition coefficient (Wildman–Crippen LogP) is 5.24. The Morgan fingerprint density at radius 1 is 1.17 bits per heavy atom. The van der Waals surface area contributed by atoms with Crippen LogP contribution in [0.5, 0.6) is 0 Å².